The second-order valence-electron chi connectivity index (χ2n) is 5.94. The van der Waals surface area contributed by atoms with Crippen molar-refractivity contribution >= 4 is 34.3 Å². The Bertz CT molecular complexity index is 668. The first-order chi connectivity index (χ1) is 11.9. The molecule has 0 saturated carbocycles. The number of carbonyl (C=O) groups is 3. The monoisotopic (exact) mass is 368 g/mol. The van der Waals surface area contributed by atoms with Crippen LogP contribution in [0, 0.1) is 5.92 Å². The first-order valence-electron chi connectivity index (χ1n) is 8.43. The van der Waals surface area contributed by atoms with Gasteiger partial charge in [-0.25, -0.2) is 9.59 Å². The summed E-state index contributed by atoms with van der Waals surface area (Å²) < 4.78 is 10.2. The van der Waals surface area contributed by atoms with Crippen molar-refractivity contribution < 1.29 is 23.9 Å². The zero-order chi connectivity index (χ0) is 18.6. The Labute approximate surface area is 151 Å². The highest BCUT2D eigenvalue weighted by Gasteiger charge is 2.31. The lowest BCUT2D eigenvalue weighted by molar-refractivity contribution is -0.118. The number of carbonyl (C=O) groups excluding carboxylic acids is 3. The molecule has 0 bridgehead atoms. The van der Waals surface area contributed by atoms with Crippen LogP contribution < -0.4 is 5.32 Å². The van der Waals surface area contributed by atoms with E-state index in [1.807, 2.05) is 0 Å². The maximum absolute atomic E-state index is 12.4. The fourth-order valence-corrected chi connectivity index (χ4v) is 3.79. The van der Waals surface area contributed by atoms with Gasteiger partial charge in [-0.1, -0.05) is 13.8 Å². The van der Waals surface area contributed by atoms with Crippen LogP contribution in [0.5, 0.6) is 0 Å². The molecule has 1 aromatic rings. The fraction of sp³-hybridized carbons (Fsp3) is 0.588. The van der Waals surface area contributed by atoms with Crippen molar-refractivity contribution in [2.24, 2.45) is 5.92 Å². The maximum Gasteiger partial charge on any atom is 0.410 e. The molecule has 0 aromatic carbocycles. The van der Waals surface area contributed by atoms with Crippen molar-refractivity contribution in [1.82, 2.24) is 4.90 Å². The smallest absolute Gasteiger partial charge is 0.410 e. The largest absolute Gasteiger partial charge is 0.462 e. The van der Waals surface area contributed by atoms with E-state index < -0.39 is 5.97 Å². The van der Waals surface area contributed by atoms with Gasteiger partial charge in [-0.15, -0.1) is 11.3 Å². The number of anilines is 1. The molecule has 1 aromatic heterocycles. The lowest BCUT2D eigenvalue weighted by Crippen LogP contribution is -2.36. The predicted octanol–water partition coefficient (Wildman–Crippen LogP) is 3.03. The Morgan fingerprint density at radius 1 is 1.20 bits per heavy atom. The molecule has 0 aliphatic carbocycles. The summed E-state index contributed by atoms with van der Waals surface area (Å²) in [6, 6.07) is 0. The van der Waals surface area contributed by atoms with Gasteiger partial charge in [0.05, 0.1) is 25.3 Å². The molecule has 2 heterocycles. The molecule has 7 nitrogen and oxygen atoms in total. The molecule has 0 spiro atoms. The Morgan fingerprint density at radius 2 is 1.88 bits per heavy atom. The predicted molar refractivity (Wildman–Crippen MR) is 94.9 cm³/mol. The summed E-state index contributed by atoms with van der Waals surface area (Å²) in [5, 5.41) is 3.31. The Morgan fingerprint density at radius 3 is 2.48 bits per heavy atom. The SMILES string of the molecule is CCOC(=O)c1c(NC(=O)C(C)C)sc2c1CCN(C(=O)OCC)C2. The van der Waals surface area contributed by atoms with Crippen LogP contribution in [0.4, 0.5) is 9.80 Å². The van der Waals surface area contributed by atoms with E-state index in [0.29, 0.717) is 36.7 Å². The summed E-state index contributed by atoms with van der Waals surface area (Å²) in [5.74, 6) is -0.805. The fourth-order valence-electron chi connectivity index (χ4n) is 2.54. The molecule has 1 aliphatic rings. The average molecular weight is 368 g/mol. The van der Waals surface area contributed by atoms with Crippen molar-refractivity contribution in [3.8, 4) is 0 Å². The average Bonchev–Trinajstić information content (AvgIpc) is 2.92. The topological polar surface area (TPSA) is 84.9 Å². The van der Waals surface area contributed by atoms with Crippen LogP contribution in [0.1, 0.15) is 48.5 Å². The van der Waals surface area contributed by atoms with Crippen LogP contribution in [-0.2, 0) is 27.2 Å². The summed E-state index contributed by atoms with van der Waals surface area (Å²) in [4.78, 5) is 38.9. The van der Waals surface area contributed by atoms with Gasteiger partial charge in [-0.05, 0) is 25.8 Å². The molecule has 1 N–H and O–H groups in total. The molecule has 2 amide bonds. The van der Waals surface area contributed by atoms with Gasteiger partial charge in [-0.3, -0.25) is 4.79 Å². The third-order valence-electron chi connectivity index (χ3n) is 3.82. The quantitative estimate of drug-likeness (QED) is 0.808. The van der Waals surface area contributed by atoms with E-state index in [2.05, 4.69) is 5.32 Å². The van der Waals surface area contributed by atoms with Gasteiger partial charge in [0.25, 0.3) is 0 Å². The van der Waals surface area contributed by atoms with Gasteiger partial charge in [-0.2, -0.15) is 0 Å². The summed E-state index contributed by atoms with van der Waals surface area (Å²) in [6.07, 6.45) is 0.156. The van der Waals surface area contributed by atoms with Crippen molar-refractivity contribution in [3.63, 3.8) is 0 Å². The van der Waals surface area contributed by atoms with Crippen LogP contribution in [0.2, 0.25) is 0 Å². The highest BCUT2D eigenvalue weighted by atomic mass is 32.1. The number of nitrogens with one attached hydrogen (secondary N) is 1. The Hall–Kier alpha value is -2.09. The van der Waals surface area contributed by atoms with E-state index in [0.717, 1.165) is 10.4 Å². The molecule has 138 valence electrons. The minimum absolute atomic E-state index is 0.161. The minimum atomic E-state index is -0.441. The van der Waals surface area contributed by atoms with Crippen molar-refractivity contribution in [1.29, 1.82) is 0 Å². The summed E-state index contributed by atoms with van der Waals surface area (Å²) in [6.45, 7) is 8.48. The van der Waals surface area contributed by atoms with E-state index in [1.165, 1.54) is 11.3 Å². The highest BCUT2D eigenvalue weighted by molar-refractivity contribution is 7.17. The van der Waals surface area contributed by atoms with Gasteiger partial charge in [0.1, 0.15) is 5.00 Å². The number of fused-ring (bicyclic) bond motifs is 1. The van der Waals surface area contributed by atoms with Crippen LogP contribution >= 0.6 is 11.3 Å². The molecule has 2 rings (SSSR count). The number of thiophene rings is 1. The Kier molecular flexibility index (Phi) is 6.41. The van der Waals surface area contributed by atoms with Crippen molar-refractivity contribution in [2.45, 2.75) is 40.7 Å². The second-order valence-corrected chi connectivity index (χ2v) is 7.05. The molecular formula is C17H24N2O5S. The molecule has 0 atom stereocenters. The lowest BCUT2D eigenvalue weighted by atomic mass is 10.0. The number of hydrogen-bond donors (Lipinski definition) is 1. The van der Waals surface area contributed by atoms with Crippen LogP contribution in [-0.4, -0.2) is 42.6 Å². The molecule has 25 heavy (non-hydrogen) atoms. The molecule has 8 heteroatoms. The standard InChI is InChI=1S/C17H24N2O5S/c1-5-23-16(21)13-11-7-8-19(17(22)24-6-2)9-12(11)25-15(13)18-14(20)10(3)4/h10H,5-9H2,1-4H3,(H,18,20). The summed E-state index contributed by atoms with van der Waals surface area (Å²) in [7, 11) is 0. The summed E-state index contributed by atoms with van der Waals surface area (Å²) >= 11 is 1.32. The first kappa shape index (κ1) is 19.2. The van der Waals surface area contributed by atoms with E-state index >= 15 is 0 Å². The molecular weight excluding hydrogens is 344 g/mol. The van der Waals surface area contributed by atoms with E-state index in [9.17, 15) is 14.4 Å². The third kappa shape index (κ3) is 4.31. The number of nitrogens with zero attached hydrogens (tertiary/aromatic N) is 1. The van der Waals surface area contributed by atoms with Crippen molar-refractivity contribution in [2.75, 3.05) is 25.1 Å². The first-order valence-corrected chi connectivity index (χ1v) is 9.24. The number of hydrogen-bond acceptors (Lipinski definition) is 6. The molecule has 0 saturated heterocycles. The Balaban J connectivity index is 2.33. The zero-order valence-electron chi connectivity index (χ0n) is 15.0. The van der Waals surface area contributed by atoms with E-state index in [1.54, 1.807) is 32.6 Å². The van der Waals surface area contributed by atoms with Gasteiger partial charge in [0.2, 0.25) is 5.91 Å². The van der Waals surface area contributed by atoms with Crippen LogP contribution in [0.25, 0.3) is 0 Å². The number of amides is 2. The molecule has 0 fully saturated rings. The number of ether oxygens (including phenoxy) is 2. The van der Waals surface area contributed by atoms with Crippen LogP contribution in [0.3, 0.4) is 0 Å². The summed E-state index contributed by atoms with van der Waals surface area (Å²) in [5.41, 5.74) is 1.27. The maximum atomic E-state index is 12.4. The van der Waals surface area contributed by atoms with Crippen LogP contribution in [0.15, 0.2) is 0 Å². The zero-order valence-corrected chi connectivity index (χ0v) is 15.8. The number of rotatable bonds is 5. The van der Waals surface area contributed by atoms with E-state index in [4.69, 9.17) is 9.47 Å². The third-order valence-corrected chi connectivity index (χ3v) is 4.96. The highest BCUT2D eigenvalue weighted by Crippen LogP contribution is 2.38. The molecule has 1 aliphatic heterocycles. The normalized spacial score (nSPS) is 13.4. The second kappa shape index (κ2) is 8.33. The van der Waals surface area contributed by atoms with Gasteiger partial charge < -0.3 is 19.7 Å². The lowest BCUT2D eigenvalue weighted by Gasteiger charge is -2.26. The van der Waals surface area contributed by atoms with Gasteiger partial charge in [0, 0.05) is 17.3 Å². The van der Waals surface area contributed by atoms with Crippen molar-refractivity contribution in [3.05, 3.63) is 16.0 Å². The van der Waals surface area contributed by atoms with Gasteiger partial charge in [0.15, 0.2) is 0 Å². The molecule has 0 radical (unpaired) electrons. The molecule has 0 unspecified atom stereocenters. The minimum Gasteiger partial charge on any atom is -0.462 e. The van der Waals surface area contributed by atoms with E-state index in [-0.39, 0.29) is 24.5 Å². The number of esters is 1. The van der Waals surface area contributed by atoms with Gasteiger partial charge >= 0.3 is 12.1 Å².